The van der Waals surface area contributed by atoms with Crippen LogP contribution in [0.25, 0.3) is 0 Å². The van der Waals surface area contributed by atoms with Crippen LogP contribution in [0.5, 0.6) is 0 Å². The molecular formula is C26H28ClN3O4S. The number of amides is 2. The second-order valence-corrected chi connectivity index (χ2v) is 10.4. The standard InChI is InChI=1S/C26H28ClN3O4S/c1-4-24(30(35(3,33)34)21-16-14-20(27)15-17-21)26(32)29-23-13-9-8-12-22(23)25(31)28-18(2)19-10-6-5-7-11-19/h5-18,24H,4H2,1-3H3,(H,28,31)(H,29,32)/t18-,24+/m0/s1. The van der Waals surface area contributed by atoms with Crippen molar-refractivity contribution in [3.05, 3.63) is 95.0 Å². The molecule has 184 valence electrons. The molecule has 0 saturated heterocycles. The molecule has 9 heteroatoms. The van der Waals surface area contributed by atoms with Crippen molar-refractivity contribution in [3.8, 4) is 0 Å². The number of nitrogens with one attached hydrogen (secondary N) is 2. The van der Waals surface area contributed by atoms with Crippen LogP contribution in [0, 0.1) is 0 Å². The monoisotopic (exact) mass is 513 g/mol. The van der Waals surface area contributed by atoms with Crippen LogP contribution in [0.1, 0.15) is 42.2 Å². The molecule has 0 spiro atoms. The summed E-state index contributed by atoms with van der Waals surface area (Å²) in [5, 5.41) is 6.14. The number of carbonyl (C=O) groups is 2. The summed E-state index contributed by atoms with van der Waals surface area (Å²) < 4.78 is 26.4. The van der Waals surface area contributed by atoms with Crippen LogP contribution in [-0.2, 0) is 14.8 Å². The zero-order valence-corrected chi connectivity index (χ0v) is 21.3. The molecule has 0 aliphatic heterocycles. The van der Waals surface area contributed by atoms with Gasteiger partial charge in [0.05, 0.1) is 29.2 Å². The molecule has 2 N–H and O–H groups in total. The van der Waals surface area contributed by atoms with E-state index in [1.54, 1.807) is 55.5 Å². The maximum Gasteiger partial charge on any atom is 0.253 e. The number of hydrogen-bond donors (Lipinski definition) is 2. The van der Waals surface area contributed by atoms with Crippen LogP contribution in [0.15, 0.2) is 78.9 Å². The number of rotatable bonds is 9. The van der Waals surface area contributed by atoms with Gasteiger partial charge in [-0.25, -0.2) is 8.42 Å². The summed E-state index contributed by atoms with van der Waals surface area (Å²) in [7, 11) is -3.80. The Hall–Kier alpha value is -3.36. The van der Waals surface area contributed by atoms with Gasteiger partial charge in [-0.15, -0.1) is 0 Å². The first-order chi connectivity index (χ1) is 16.6. The minimum absolute atomic E-state index is 0.209. The first kappa shape index (κ1) is 26.2. The van der Waals surface area contributed by atoms with E-state index >= 15 is 0 Å². The van der Waals surface area contributed by atoms with E-state index in [1.807, 2.05) is 37.3 Å². The van der Waals surface area contributed by atoms with Gasteiger partial charge in [-0.05, 0) is 55.3 Å². The average Bonchev–Trinajstić information content (AvgIpc) is 2.83. The molecule has 3 rings (SSSR count). The lowest BCUT2D eigenvalue weighted by Crippen LogP contribution is -2.47. The Balaban J connectivity index is 1.85. The third-order valence-electron chi connectivity index (χ3n) is 5.49. The van der Waals surface area contributed by atoms with Crippen LogP contribution >= 0.6 is 11.6 Å². The summed E-state index contributed by atoms with van der Waals surface area (Å²) >= 11 is 5.95. The highest BCUT2D eigenvalue weighted by molar-refractivity contribution is 7.92. The zero-order chi connectivity index (χ0) is 25.6. The first-order valence-electron chi connectivity index (χ1n) is 11.1. The summed E-state index contributed by atoms with van der Waals surface area (Å²) in [6.45, 7) is 3.59. The molecule has 0 saturated carbocycles. The van der Waals surface area contributed by atoms with Gasteiger partial charge in [0, 0.05) is 5.02 Å². The molecule has 7 nitrogen and oxygen atoms in total. The van der Waals surface area contributed by atoms with Crippen molar-refractivity contribution >= 4 is 44.8 Å². The molecule has 0 bridgehead atoms. The third kappa shape index (κ3) is 6.61. The Morgan fingerprint density at radius 1 is 0.943 bits per heavy atom. The quantitative estimate of drug-likeness (QED) is 0.420. The molecule has 0 heterocycles. The summed E-state index contributed by atoms with van der Waals surface area (Å²) in [6.07, 6.45) is 1.25. The predicted molar refractivity (Wildman–Crippen MR) is 140 cm³/mol. The van der Waals surface area contributed by atoms with E-state index in [1.165, 1.54) is 0 Å². The first-order valence-corrected chi connectivity index (χ1v) is 13.3. The van der Waals surface area contributed by atoms with E-state index in [0.29, 0.717) is 16.4 Å². The van der Waals surface area contributed by atoms with Crippen molar-refractivity contribution in [2.75, 3.05) is 15.9 Å². The lowest BCUT2D eigenvalue weighted by Gasteiger charge is -2.30. The summed E-state index contributed by atoms with van der Waals surface area (Å²) in [5.74, 6) is -0.910. The van der Waals surface area contributed by atoms with Crippen LogP contribution in [0.3, 0.4) is 0 Å². The summed E-state index contributed by atoms with van der Waals surface area (Å²) in [5.41, 5.74) is 1.83. The zero-order valence-electron chi connectivity index (χ0n) is 19.7. The molecule has 0 aromatic heterocycles. The maximum atomic E-state index is 13.3. The molecule has 2 atom stereocenters. The Kier molecular flexibility index (Phi) is 8.53. The van der Waals surface area contributed by atoms with Crippen molar-refractivity contribution in [3.63, 3.8) is 0 Å². The fraction of sp³-hybridized carbons (Fsp3) is 0.231. The maximum absolute atomic E-state index is 13.3. The third-order valence-corrected chi connectivity index (χ3v) is 6.92. The van der Waals surface area contributed by atoms with Gasteiger partial charge in [-0.3, -0.25) is 13.9 Å². The Morgan fingerprint density at radius 3 is 2.14 bits per heavy atom. The smallest absolute Gasteiger partial charge is 0.253 e. The van der Waals surface area contributed by atoms with Crippen LogP contribution in [0.2, 0.25) is 5.02 Å². The van der Waals surface area contributed by atoms with E-state index in [4.69, 9.17) is 11.6 Å². The molecule has 0 aliphatic carbocycles. The van der Waals surface area contributed by atoms with E-state index in [-0.39, 0.29) is 23.9 Å². The van der Waals surface area contributed by atoms with E-state index in [9.17, 15) is 18.0 Å². The van der Waals surface area contributed by atoms with Crippen molar-refractivity contribution in [1.29, 1.82) is 0 Å². The molecule has 3 aromatic rings. The van der Waals surface area contributed by atoms with Gasteiger partial charge in [0.1, 0.15) is 6.04 Å². The molecule has 35 heavy (non-hydrogen) atoms. The number of hydrogen-bond acceptors (Lipinski definition) is 4. The minimum Gasteiger partial charge on any atom is -0.345 e. The molecule has 3 aromatic carbocycles. The van der Waals surface area contributed by atoms with Gasteiger partial charge in [0.15, 0.2) is 0 Å². The molecular weight excluding hydrogens is 486 g/mol. The Bertz CT molecular complexity index is 1280. The molecule has 0 fully saturated rings. The number of halogens is 1. The van der Waals surface area contributed by atoms with E-state index in [2.05, 4.69) is 10.6 Å². The summed E-state index contributed by atoms with van der Waals surface area (Å²) in [4.78, 5) is 26.4. The van der Waals surface area contributed by atoms with Crippen molar-refractivity contribution in [1.82, 2.24) is 5.32 Å². The van der Waals surface area contributed by atoms with Crippen LogP contribution < -0.4 is 14.9 Å². The van der Waals surface area contributed by atoms with Crippen LogP contribution in [-0.4, -0.2) is 32.5 Å². The highest BCUT2D eigenvalue weighted by atomic mass is 35.5. The van der Waals surface area contributed by atoms with Gasteiger partial charge in [-0.2, -0.15) is 0 Å². The van der Waals surface area contributed by atoms with Crippen molar-refractivity contribution in [2.45, 2.75) is 32.4 Å². The topological polar surface area (TPSA) is 95.6 Å². The van der Waals surface area contributed by atoms with Gasteiger partial charge in [0.25, 0.3) is 5.91 Å². The predicted octanol–water partition coefficient (Wildman–Crippen LogP) is 5.01. The number of anilines is 2. The van der Waals surface area contributed by atoms with Crippen LogP contribution in [0.4, 0.5) is 11.4 Å². The van der Waals surface area contributed by atoms with Gasteiger partial charge in [0.2, 0.25) is 15.9 Å². The van der Waals surface area contributed by atoms with E-state index < -0.39 is 22.0 Å². The SMILES string of the molecule is CC[C@H](C(=O)Nc1ccccc1C(=O)N[C@@H](C)c1ccccc1)N(c1ccc(Cl)cc1)S(C)(=O)=O. The number of benzene rings is 3. The van der Waals surface area contributed by atoms with Crippen molar-refractivity contribution < 1.29 is 18.0 Å². The fourth-order valence-corrected chi connectivity index (χ4v) is 5.09. The number of carbonyl (C=O) groups excluding carboxylic acids is 2. The van der Waals surface area contributed by atoms with Gasteiger partial charge >= 0.3 is 0 Å². The highest BCUT2D eigenvalue weighted by Crippen LogP contribution is 2.26. The average molecular weight is 514 g/mol. The Labute approximate surface area is 211 Å². The molecule has 0 aliphatic rings. The highest BCUT2D eigenvalue weighted by Gasteiger charge is 2.32. The molecule has 0 unspecified atom stereocenters. The minimum atomic E-state index is -3.80. The number of sulfonamides is 1. The lowest BCUT2D eigenvalue weighted by atomic mass is 10.1. The largest absolute Gasteiger partial charge is 0.345 e. The number of para-hydroxylation sites is 1. The second kappa shape index (κ2) is 11.4. The fourth-order valence-electron chi connectivity index (χ4n) is 3.75. The van der Waals surface area contributed by atoms with E-state index in [0.717, 1.165) is 16.1 Å². The number of nitrogens with zero attached hydrogens (tertiary/aromatic N) is 1. The molecule has 2 amide bonds. The van der Waals surface area contributed by atoms with Gasteiger partial charge < -0.3 is 10.6 Å². The molecule has 0 radical (unpaired) electrons. The normalized spacial score (nSPS) is 12.9. The lowest BCUT2D eigenvalue weighted by molar-refractivity contribution is -0.117. The van der Waals surface area contributed by atoms with Crippen molar-refractivity contribution in [2.24, 2.45) is 0 Å². The second-order valence-electron chi connectivity index (χ2n) is 8.10. The summed E-state index contributed by atoms with van der Waals surface area (Å²) in [6, 6.07) is 21.1. The van der Waals surface area contributed by atoms with Gasteiger partial charge in [-0.1, -0.05) is 61.0 Å². The Morgan fingerprint density at radius 2 is 1.54 bits per heavy atom.